The van der Waals surface area contributed by atoms with Crippen LogP contribution in [-0.2, 0) is 9.53 Å². The normalized spacial score (nSPS) is 16.2. The highest BCUT2D eigenvalue weighted by Gasteiger charge is 2.34. The van der Waals surface area contributed by atoms with Crippen LogP contribution < -0.4 is 29.1 Å². The van der Waals surface area contributed by atoms with Crippen LogP contribution in [0.3, 0.4) is 0 Å². The maximum atomic E-state index is 13.7. The summed E-state index contributed by atoms with van der Waals surface area (Å²) in [4.78, 5) is 31.8. The van der Waals surface area contributed by atoms with Gasteiger partial charge in [-0.1, -0.05) is 29.5 Å². The van der Waals surface area contributed by atoms with Gasteiger partial charge in [-0.05, 0) is 55.3 Å². The lowest BCUT2D eigenvalue weighted by atomic mass is 9.95. The van der Waals surface area contributed by atoms with E-state index in [2.05, 4.69) is 4.99 Å². The number of rotatable bonds is 6. The highest BCUT2D eigenvalue weighted by atomic mass is 32.1. The van der Waals surface area contributed by atoms with Crippen molar-refractivity contribution in [1.29, 1.82) is 5.26 Å². The van der Waals surface area contributed by atoms with Gasteiger partial charge < -0.3 is 18.9 Å². The quantitative estimate of drug-likeness (QED) is 0.475. The first-order chi connectivity index (χ1) is 17.5. The Morgan fingerprint density at radius 1 is 1.28 bits per heavy atom. The zero-order chi connectivity index (χ0) is 25.2. The average molecular weight is 504 g/mol. The summed E-state index contributed by atoms with van der Waals surface area (Å²) in [6.45, 7) is 3.69. The van der Waals surface area contributed by atoms with E-state index in [1.807, 2.05) is 18.2 Å². The van der Waals surface area contributed by atoms with Crippen molar-refractivity contribution in [3.63, 3.8) is 0 Å². The lowest BCUT2D eigenvalue weighted by Gasteiger charge is -2.24. The second kappa shape index (κ2) is 9.71. The lowest BCUT2D eigenvalue weighted by Crippen LogP contribution is -2.39. The Kier molecular flexibility index (Phi) is 6.31. The molecule has 2 aliphatic rings. The number of carbonyl (C=O) groups is 1. The van der Waals surface area contributed by atoms with E-state index in [0.29, 0.717) is 43.4 Å². The van der Waals surface area contributed by atoms with E-state index in [0.717, 1.165) is 5.56 Å². The van der Waals surface area contributed by atoms with Gasteiger partial charge in [0, 0.05) is 0 Å². The number of nitrogens with zero attached hydrogens (tertiary/aromatic N) is 3. The molecule has 1 atom stereocenters. The van der Waals surface area contributed by atoms with E-state index in [-0.39, 0.29) is 25.6 Å². The summed E-state index contributed by atoms with van der Waals surface area (Å²) >= 11 is 1.23. The largest absolute Gasteiger partial charge is 0.479 e. The van der Waals surface area contributed by atoms with Crippen molar-refractivity contribution in [3.8, 4) is 23.3 Å². The van der Waals surface area contributed by atoms with E-state index < -0.39 is 12.0 Å². The Morgan fingerprint density at radius 3 is 2.92 bits per heavy atom. The van der Waals surface area contributed by atoms with Gasteiger partial charge in [0.25, 0.3) is 5.56 Å². The van der Waals surface area contributed by atoms with Crippen LogP contribution in [0.1, 0.15) is 31.0 Å². The summed E-state index contributed by atoms with van der Waals surface area (Å²) in [6, 6.07) is 13.6. The van der Waals surface area contributed by atoms with Crippen molar-refractivity contribution in [3.05, 3.63) is 84.5 Å². The average Bonchev–Trinajstić information content (AvgIpc) is 3.46. The second-order valence-corrected chi connectivity index (χ2v) is 8.94. The van der Waals surface area contributed by atoms with Gasteiger partial charge in [-0.3, -0.25) is 9.36 Å². The number of aromatic nitrogens is 1. The molecule has 0 fully saturated rings. The first-order valence-corrected chi connectivity index (χ1v) is 12.0. The molecule has 0 saturated carbocycles. The Hall–Kier alpha value is -4.36. The van der Waals surface area contributed by atoms with E-state index in [4.69, 9.17) is 24.2 Å². The van der Waals surface area contributed by atoms with Crippen molar-refractivity contribution in [2.24, 2.45) is 4.99 Å². The summed E-state index contributed by atoms with van der Waals surface area (Å²) in [5, 5.41) is 8.76. The molecule has 10 heteroatoms. The molecule has 182 valence electrons. The third-order valence-electron chi connectivity index (χ3n) is 5.69. The van der Waals surface area contributed by atoms with Gasteiger partial charge in [0.05, 0.1) is 28.5 Å². The van der Waals surface area contributed by atoms with E-state index >= 15 is 0 Å². The third-order valence-corrected chi connectivity index (χ3v) is 6.67. The minimum Gasteiger partial charge on any atom is -0.479 e. The first kappa shape index (κ1) is 23.4. The van der Waals surface area contributed by atoms with E-state index in [1.165, 1.54) is 15.9 Å². The summed E-state index contributed by atoms with van der Waals surface area (Å²) in [7, 11) is 0. The lowest BCUT2D eigenvalue weighted by molar-refractivity contribution is -0.139. The van der Waals surface area contributed by atoms with Crippen LogP contribution in [0, 0.1) is 11.3 Å². The highest BCUT2D eigenvalue weighted by Crippen LogP contribution is 2.38. The Balaban J connectivity index is 1.66. The monoisotopic (exact) mass is 503 g/mol. The molecule has 2 aliphatic heterocycles. The molecule has 0 unspecified atom stereocenters. The number of allylic oxidation sites excluding steroid dienone is 1. The minimum absolute atomic E-state index is 0.0723. The number of fused-ring (bicyclic) bond motifs is 2. The first-order valence-electron chi connectivity index (χ1n) is 11.2. The highest BCUT2D eigenvalue weighted by molar-refractivity contribution is 7.07. The topological polar surface area (TPSA) is 112 Å². The molecule has 3 aromatic rings. The molecule has 0 bridgehead atoms. The van der Waals surface area contributed by atoms with E-state index in [9.17, 15) is 9.59 Å². The molecular weight excluding hydrogens is 482 g/mol. The fourth-order valence-corrected chi connectivity index (χ4v) is 5.20. The van der Waals surface area contributed by atoms with E-state index in [1.54, 1.807) is 50.3 Å². The van der Waals surface area contributed by atoms with Crippen LogP contribution in [0.25, 0.3) is 6.08 Å². The van der Waals surface area contributed by atoms with Crippen molar-refractivity contribution in [2.45, 2.75) is 19.9 Å². The number of ether oxygens (including phenoxy) is 4. The molecule has 0 N–H and O–H groups in total. The Bertz CT molecular complexity index is 1610. The minimum atomic E-state index is -0.748. The zero-order valence-electron chi connectivity index (χ0n) is 19.5. The molecular formula is C26H21N3O6S. The number of thiazole rings is 1. The molecule has 1 aromatic heterocycles. The van der Waals surface area contributed by atoms with Gasteiger partial charge in [0.2, 0.25) is 6.79 Å². The van der Waals surface area contributed by atoms with Gasteiger partial charge in [0.1, 0.15) is 11.8 Å². The molecule has 0 spiro atoms. The molecule has 5 rings (SSSR count). The summed E-state index contributed by atoms with van der Waals surface area (Å²) in [5.74, 6) is 1.14. The molecule has 0 radical (unpaired) electrons. The maximum absolute atomic E-state index is 13.7. The van der Waals surface area contributed by atoms with Crippen molar-refractivity contribution in [1.82, 2.24) is 4.57 Å². The number of hydrogen-bond acceptors (Lipinski definition) is 9. The molecule has 0 amide bonds. The van der Waals surface area contributed by atoms with Gasteiger partial charge in [0.15, 0.2) is 22.9 Å². The van der Waals surface area contributed by atoms with Crippen LogP contribution >= 0.6 is 11.3 Å². The summed E-state index contributed by atoms with van der Waals surface area (Å²) in [5.41, 5.74) is 1.89. The fourth-order valence-electron chi connectivity index (χ4n) is 4.15. The standard InChI is InChI=1S/C26H21N3O6S/c1-3-32-25(31)22-15(2)28-26-29(23(22)17-7-8-19-20(13-17)35-14-34-19)24(30)21(36-26)12-16-5-4-6-18(11-16)33-10-9-27/h4-8,11-13,23H,3,10,14H2,1-2H3/b21-12-/t23-/m1/s1. The van der Waals surface area contributed by atoms with Gasteiger partial charge in [-0.15, -0.1) is 0 Å². The summed E-state index contributed by atoms with van der Waals surface area (Å²) < 4.78 is 23.6. The molecule has 36 heavy (non-hydrogen) atoms. The van der Waals surface area contributed by atoms with Crippen LogP contribution in [-0.4, -0.2) is 30.5 Å². The van der Waals surface area contributed by atoms with Crippen LogP contribution in [0.2, 0.25) is 0 Å². The van der Waals surface area contributed by atoms with Crippen LogP contribution in [0.5, 0.6) is 17.2 Å². The second-order valence-electron chi connectivity index (χ2n) is 7.93. The molecule has 9 nitrogen and oxygen atoms in total. The number of benzene rings is 2. The van der Waals surface area contributed by atoms with Crippen molar-refractivity contribution < 1.29 is 23.7 Å². The predicted molar refractivity (Wildman–Crippen MR) is 131 cm³/mol. The number of nitriles is 1. The van der Waals surface area contributed by atoms with Crippen LogP contribution in [0.15, 0.2) is 63.5 Å². The SMILES string of the molecule is CCOC(=O)C1=C(C)N=c2s/c(=C\c3cccc(OCC#N)c3)c(=O)n2[C@@H]1c1ccc2c(c1)OCO2. The molecule has 0 aliphatic carbocycles. The van der Waals surface area contributed by atoms with Crippen molar-refractivity contribution >= 4 is 23.4 Å². The van der Waals surface area contributed by atoms with Gasteiger partial charge in [-0.25, -0.2) is 9.79 Å². The Labute approximate surface area is 209 Å². The zero-order valence-corrected chi connectivity index (χ0v) is 20.3. The van der Waals surface area contributed by atoms with Crippen LogP contribution in [0.4, 0.5) is 0 Å². The number of carbonyl (C=O) groups excluding carboxylic acids is 1. The predicted octanol–water partition coefficient (Wildman–Crippen LogP) is 2.43. The molecule has 3 heterocycles. The maximum Gasteiger partial charge on any atom is 0.338 e. The van der Waals surface area contributed by atoms with Gasteiger partial charge in [-0.2, -0.15) is 5.26 Å². The third kappa shape index (κ3) is 4.25. The van der Waals surface area contributed by atoms with Crippen molar-refractivity contribution in [2.75, 3.05) is 20.0 Å². The smallest absolute Gasteiger partial charge is 0.338 e. The molecule has 0 saturated heterocycles. The number of hydrogen-bond donors (Lipinski definition) is 0. The van der Waals surface area contributed by atoms with Gasteiger partial charge >= 0.3 is 5.97 Å². The Morgan fingerprint density at radius 2 is 2.11 bits per heavy atom. The number of esters is 1. The summed E-state index contributed by atoms with van der Waals surface area (Å²) in [6.07, 6.45) is 1.74. The fraction of sp³-hybridized carbons (Fsp3) is 0.231. The molecule has 2 aromatic carbocycles.